The Balaban J connectivity index is 1.84. The van der Waals surface area contributed by atoms with Crippen molar-refractivity contribution < 1.29 is 9.59 Å². The molecule has 190 valence electrons. The third-order valence-corrected chi connectivity index (χ3v) is 7.52. The molecule has 0 spiro atoms. The van der Waals surface area contributed by atoms with E-state index >= 15 is 0 Å². The molecule has 0 aliphatic carbocycles. The van der Waals surface area contributed by atoms with Crippen molar-refractivity contribution in [3.8, 4) is 0 Å². The predicted octanol–water partition coefficient (Wildman–Crippen LogP) is 7.05. The normalized spacial score (nSPS) is 11.7. The minimum Gasteiger partial charge on any atom is -0.354 e. The van der Waals surface area contributed by atoms with Gasteiger partial charge in [-0.3, -0.25) is 9.59 Å². The number of halogens is 3. The van der Waals surface area contributed by atoms with Gasteiger partial charge in [0.1, 0.15) is 6.04 Å². The summed E-state index contributed by atoms with van der Waals surface area (Å²) < 4.78 is 0. The summed E-state index contributed by atoms with van der Waals surface area (Å²) in [5, 5.41) is 4.74. The number of carbonyl (C=O) groups excluding carboxylic acids is 2. The third-order valence-electron chi connectivity index (χ3n) is 5.62. The molecule has 3 aromatic rings. The number of nitrogens with one attached hydrogen (secondary N) is 1. The van der Waals surface area contributed by atoms with E-state index in [9.17, 15) is 9.59 Å². The molecule has 0 saturated heterocycles. The van der Waals surface area contributed by atoms with Gasteiger partial charge in [-0.05, 0) is 47.4 Å². The van der Waals surface area contributed by atoms with Crippen LogP contribution in [0.4, 0.5) is 0 Å². The lowest BCUT2D eigenvalue weighted by Gasteiger charge is -2.31. The standard InChI is InChI=1S/C28H29Cl3N2O2S/c1-2-15-32-28(35)26(16-20-7-4-3-5-8-20)33(17-21-11-13-22(29)14-12-21)27(34)19-36-18-23-24(30)9-6-10-25(23)31/h3-14,26H,2,15-19H2,1H3,(H,32,35)/t26-/m1/s1. The zero-order chi connectivity index (χ0) is 25.9. The van der Waals surface area contributed by atoms with Gasteiger partial charge in [0.2, 0.25) is 11.8 Å². The Hall–Kier alpha value is -2.18. The SMILES string of the molecule is CCCNC(=O)[C@@H](Cc1ccccc1)N(Cc1ccc(Cl)cc1)C(=O)CSCc1c(Cl)cccc1Cl. The second-order valence-electron chi connectivity index (χ2n) is 8.34. The van der Waals surface area contributed by atoms with Crippen LogP contribution in [0, 0.1) is 0 Å². The fourth-order valence-corrected chi connectivity index (χ4v) is 5.47. The van der Waals surface area contributed by atoms with Crippen molar-refractivity contribution in [3.63, 3.8) is 0 Å². The molecule has 3 rings (SSSR count). The Bertz CT molecular complexity index is 1120. The summed E-state index contributed by atoms with van der Waals surface area (Å²) in [4.78, 5) is 28.6. The number of carbonyl (C=O) groups is 2. The summed E-state index contributed by atoms with van der Waals surface area (Å²) in [7, 11) is 0. The van der Waals surface area contributed by atoms with Gasteiger partial charge in [0, 0.05) is 40.3 Å². The van der Waals surface area contributed by atoms with Gasteiger partial charge in [-0.1, -0.05) is 90.3 Å². The number of amides is 2. The molecular formula is C28H29Cl3N2O2S. The van der Waals surface area contributed by atoms with Crippen molar-refractivity contribution in [2.45, 2.75) is 38.1 Å². The lowest BCUT2D eigenvalue weighted by molar-refractivity contribution is -0.139. The van der Waals surface area contributed by atoms with Crippen LogP contribution in [0.1, 0.15) is 30.0 Å². The average molecular weight is 564 g/mol. The summed E-state index contributed by atoms with van der Waals surface area (Å²) in [6.07, 6.45) is 1.22. The fraction of sp³-hybridized carbons (Fsp3) is 0.286. The summed E-state index contributed by atoms with van der Waals surface area (Å²) in [5.74, 6) is 0.374. The van der Waals surface area contributed by atoms with Gasteiger partial charge >= 0.3 is 0 Å². The molecule has 0 fully saturated rings. The van der Waals surface area contributed by atoms with Crippen LogP contribution in [0.15, 0.2) is 72.8 Å². The topological polar surface area (TPSA) is 49.4 Å². The molecule has 36 heavy (non-hydrogen) atoms. The maximum atomic E-state index is 13.6. The molecule has 0 bridgehead atoms. The van der Waals surface area contributed by atoms with E-state index in [-0.39, 0.29) is 17.6 Å². The van der Waals surface area contributed by atoms with E-state index in [1.807, 2.05) is 49.4 Å². The highest BCUT2D eigenvalue weighted by molar-refractivity contribution is 7.99. The lowest BCUT2D eigenvalue weighted by atomic mass is 10.0. The summed E-state index contributed by atoms with van der Waals surface area (Å²) >= 11 is 20.1. The maximum absolute atomic E-state index is 13.6. The van der Waals surface area contributed by atoms with Crippen molar-refractivity contribution >= 4 is 58.4 Å². The highest BCUT2D eigenvalue weighted by Gasteiger charge is 2.30. The molecule has 0 aliphatic rings. The van der Waals surface area contributed by atoms with Crippen LogP contribution < -0.4 is 5.32 Å². The molecule has 0 unspecified atom stereocenters. The smallest absolute Gasteiger partial charge is 0.243 e. The van der Waals surface area contributed by atoms with Crippen molar-refractivity contribution in [2.24, 2.45) is 0 Å². The molecule has 2 amide bonds. The average Bonchev–Trinajstić information content (AvgIpc) is 2.88. The van der Waals surface area contributed by atoms with Crippen molar-refractivity contribution in [1.29, 1.82) is 0 Å². The van der Waals surface area contributed by atoms with Crippen LogP contribution in [0.5, 0.6) is 0 Å². The second-order valence-corrected chi connectivity index (χ2v) is 10.6. The Morgan fingerprint density at radius 2 is 1.56 bits per heavy atom. The van der Waals surface area contributed by atoms with E-state index < -0.39 is 6.04 Å². The first kappa shape index (κ1) is 28.4. The Morgan fingerprint density at radius 1 is 0.889 bits per heavy atom. The zero-order valence-corrected chi connectivity index (χ0v) is 23.1. The molecule has 4 nitrogen and oxygen atoms in total. The van der Waals surface area contributed by atoms with Crippen LogP contribution >= 0.6 is 46.6 Å². The molecule has 0 aliphatic heterocycles. The summed E-state index contributed by atoms with van der Waals surface area (Å²) in [5.41, 5.74) is 2.68. The van der Waals surface area contributed by atoms with Gasteiger partial charge in [-0.2, -0.15) is 0 Å². The summed E-state index contributed by atoms with van der Waals surface area (Å²) in [6, 6.07) is 21.8. The van der Waals surface area contributed by atoms with Crippen LogP contribution in [0.3, 0.4) is 0 Å². The van der Waals surface area contributed by atoms with E-state index in [0.29, 0.717) is 40.3 Å². The molecule has 0 saturated carbocycles. The van der Waals surface area contributed by atoms with Gasteiger partial charge in [0.05, 0.1) is 5.75 Å². The van der Waals surface area contributed by atoms with Crippen LogP contribution in [-0.2, 0) is 28.3 Å². The number of rotatable bonds is 12. The van der Waals surface area contributed by atoms with Crippen LogP contribution in [0.2, 0.25) is 15.1 Å². The minimum atomic E-state index is -0.661. The second kappa shape index (κ2) is 14.5. The molecule has 0 heterocycles. The minimum absolute atomic E-state index is 0.134. The lowest BCUT2D eigenvalue weighted by Crippen LogP contribution is -2.51. The predicted molar refractivity (Wildman–Crippen MR) is 152 cm³/mol. The Kier molecular flexibility index (Phi) is 11.5. The van der Waals surface area contributed by atoms with Gasteiger partial charge in [0.15, 0.2) is 0 Å². The molecule has 8 heteroatoms. The number of nitrogens with zero attached hydrogens (tertiary/aromatic N) is 1. The molecule has 0 aromatic heterocycles. The molecule has 3 aromatic carbocycles. The molecule has 1 N–H and O–H groups in total. The molecular weight excluding hydrogens is 535 g/mol. The van der Waals surface area contributed by atoms with E-state index in [2.05, 4.69) is 5.32 Å². The van der Waals surface area contributed by atoms with E-state index in [4.69, 9.17) is 34.8 Å². The highest BCUT2D eigenvalue weighted by Crippen LogP contribution is 2.28. The van der Waals surface area contributed by atoms with E-state index in [0.717, 1.165) is 23.1 Å². The number of hydrogen-bond acceptors (Lipinski definition) is 3. The van der Waals surface area contributed by atoms with Crippen molar-refractivity contribution in [3.05, 3.63) is 105 Å². The van der Waals surface area contributed by atoms with E-state index in [1.54, 1.807) is 35.2 Å². The first-order valence-electron chi connectivity index (χ1n) is 11.7. The quantitative estimate of drug-likeness (QED) is 0.257. The number of hydrogen-bond donors (Lipinski definition) is 1. The first-order chi connectivity index (χ1) is 17.4. The number of benzene rings is 3. The molecule has 0 radical (unpaired) electrons. The number of thioether (sulfide) groups is 1. The van der Waals surface area contributed by atoms with Gasteiger partial charge in [0.25, 0.3) is 0 Å². The Labute approximate surface area is 232 Å². The van der Waals surface area contributed by atoms with Gasteiger partial charge < -0.3 is 10.2 Å². The summed E-state index contributed by atoms with van der Waals surface area (Å²) in [6.45, 7) is 2.84. The third kappa shape index (κ3) is 8.45. The van der Waals surface area contributed by atoms with Crippen LogP contribution in [0.25, 0.3) is 0 Å². The van der Waals surface area contributed by atoms with Crippen molar-refractivity contribution in [1.82, 2.24) is 10.2 Å². The highest BCUT2D eigenvalue weighted by atomic mass is 35.5. The zero-order valence-electron chi connectivity index (χ0n) is 20.1. The monoisotopic (exact) mass is 562 g/mol. The van der Waals surface area contributed by atoms with Crippen LogP contribution in [-0.4, -0.2) is 35.1 Å². The van der Waals surface area contributed by atoms with Gasteiger partial charge in [-0.15, -0.1) is 11.8 Å². The van der Waals surface area contributed by atoms with Crippen molar-refractivity contribution in [2.75, 3.05) is 12.3 Å². The maximum Gasteiger partial charge on any atom is 0.243 e. The van der Waals surface area contributed by atoms with Gasteiger partial charge in [-0.25, -0.2) is 0 Å². The largest absolute Gasteiger partial charge is 0.354 e. The Morgan fingerprint density at radius 3 is 2.19 bits per heavy atom. The first-order valence-corrected chi connectivity index (χ1v) is 14.0. The van der Waals surface area contributed by atoms with E-state index in [1.165, 1.54) is 11.8 Å². The molecule has 1 atom stereocenters. The fourth-order valence-electron chi connectivity index (χ4n) is 3.70.